The molecular weight excluding hydrogens is 270 g/mol. The summed E-state index contributed by atoms with van der Waals surface area (Å²) in [6, 6.07) is 14.9. The van der Waals surface area contributed by atoms with Crippen LogP contribution in [-0.4, -0.2) is 11.3 Å². The fraction of sp³-hybridized carbons (Fsp3) is 0.188. The van der Waals surface area contributed by atoms with Gasteiger partial charge in [-0.1, -0.05) is 18.2 Å². The number of aryl methyl sites for hydroxylation is 1. The Morgan fingerprint density at radius 2 is 2.00 bits per heavy atom. The van der Waals surface area contributed by atoms with E-state index in [9.17, 15) is 4.21 Å². The maximum Gasteiger partial charge on any atom is 0.123 e. The van der Waals surface area contributed by atoms with Gasteiger partial charge in [0.25, 0.3) is 0 Å². The number of hydrogen-bond acceptors (Lipinski definition) is 3. The molecule has 4 heteroatoms. The predicted octanol–water partition coefficient (Wildman–Crippen LogP) is 3.18. The second-order valence-electron chi connectivity index (χ2n) is 4.39. The highest BCUT2D eigenvalue weighted by Gasteiger charge is 2.12. The van der Waals surface area contributed by atoms with Crippen molar-refractivity contribution in [3.05, 3.63) is 59.2 Å². The maximum atomic E-state index is 12.5. The van der Waals surface area contributed by atoms with Crippen LogP contribution in [0, 0.1) is 18.3 Å². The molecule has 0 aromatic heterocycles. The van der Waals surface area contributed by atoms with Crippen LogP contribution in [0.3, 0.4) is 0 Å². The Labute approximate surface area is 121 Å². The first kappa shape index (κ1) is 14.3. The van der Waals surface area contributed by atoms with Crippen molar-refractivity contribution in [2.24, 2.45) is 0 Å². The Hall–Kier alpha value is -2.12. The second-order valence-corrected chi connectivity index (χ2v) is 5.81. The van der Waals surface area contributed by atoms with E-state index in [1.54, 1.807) is 25.3 Å². The van der Waals surface area contributed by atoms with Gasteiger partial charge in [0.1, 0.15) is 5.75 Å². The van der Waals surface area contributed by atoms with Crippen LogP contribution in [0.15, 0.2) is 47.4 Å². The Morgan fingerprint density at radius 3 is 2.65 bits per heavy atom. The Morgan fingerprint density at radius 1 is 1.25 bits per heavy atom. The summed E-state index contributed by atoms with van der Waals surface area (Å²) in [5.41, 5.74) is 2.33. The van der Waals surface area contributed by atoms with Gasteiger partial charge in [0.15, 0.2) is 0 Å². The highest BCUT2D eigenvalue weighted by atomic mass is 32.2. The molecule has 1 unspecified atom stereocenters. The summed E-state index contributed by atoms with van der Waals surface area (Å²) in [5.74, 6) is 0.995. The van der Waals surface area contributed by atoms with Crippen LogP contribution in [0.4, 0.5) is 0 Å². The van der Waals surface area contributed by atoms with Crippen molar-refractivity contribution >= 4 is 10.8 Å². The van der Waals surface area contributed by atoms with Crippen LogP contribution in [0.5, 0.6) is 5.75 Å². The quantitative estimate of drug-likeness (QED) is 0.867. The average Bonchev–Trinajstić information content (AvgIpc) is 2.47. The van der Waals surface area contributed by atoms with Crippen molar-refractivity contribution in [3.63, 3.8) is 0 Å². The van der Waals surface area contributed by atoms with Crippen LogP contribution < -0.4 is 4.74 Å². The van der Waals surface area contributed by atoms with Gasteiger partial charge < -0.3 is 4.74 Å². The van der Waals surface area contributed by atoms with Gasteiger partial charge in [-0.25, -0.2) is 0 Å². The molecule has 2 aromatic carbocycles. The molecule has 0 saturated heterocycles. The predicted molar refractivity (Wildman–Crippen MR) is 79.0 cm³/mol. The van der Waals surface area contributed by atoms with E-state index >= 15 is 0 Å². The van der Waals surface area contributed by atoms with Gasteiger partial charge in [-0.05, 0) is 36.8 Å². The van der Waals surface area contributed by atoms with Gasteiger partial charge in [0.2, 0.25) is 0 Å². The molecule has 0 aliphatic carbocycles. The first-order chi connectivity index (χ1) is 9.65. The molecule has 2 aromatic rings. The van der Waals surface area contributed by atoms with Crippen LogP contribution in [0.1, 0.15) is 16.7 Å². The SMILES string of the molecule is COc1ccc(C#N)cc1CS(=O)c1ccccc1C. The van der Waals surface area contributed by atoms with E-state index in [1.807, 2.05) is 31.2 Å². The van der Waals surface area contributed by atoms with Crippen molar-refractivity contribution in [1.29, 1.82) is 5.26 Å². The van der Waals surface area contributed by atoms with Gasteiger partial charge in [0, 0.05) is 10.5 Å². The second kappa shape index (κ2) is 6.36. The molecule has 0 aliphatic heterocycles. The Kier molecular flexibility index (Phi) is 4.54. The highest BCUT2D eigenvalue weighted by molar-refractivity contribution is 7.84. The lowest BCUT2D eigenvalue weighted by Gasteiger charge is -2.10. The Bertz CT molecular complexity index is 689. The number of nitrogens with zero attached hydrogens (tertiary/aromatic N) is 1. The van der Waals surface area contributed by atoms with Gasteiger partial charge in [-0.3, -0.25) is 4.21 Å². The summed E-state index contributed by atoms with van der Waals surface area (Å²) in [5, 5.41) is 8.95. The fourth-order valence-corrected chi connectivity index (χ4v) is 3.31. The molecule has 0 saturated carbocycles. The van der Waals surface area contributed by atoms with Crippen LogP contribution in [0.2, 0.25) is 0 Å². The summed E-state index contributed by atoms with van der Waals surface area (Å²) >= 11 is 0. The zero-order chi connectivity index (χ0) is 14.5. The third-order valence-corrected chi connectivity index (χ3v) is 4.56. The summed E-state index contributed by atoms with van der Waals surface area (Å²) in [6.45, 7) is 1.94. The van der Waals surface area contributed by atoms with Gasteiger partial charge in [-0.15, -0.1) is 0 Å². The third kappa shape index (κ3) is 3.06. The first-order valence-electron chi connectivity index (χ1n) is 6.16. The monoisotopic (exact) mass is 285 g/mol. The lowest BCUT2D eigenvalue weighted by molar-refractivity contribution is 0.411. The molecular formula is C16H15NO2S. The number of hydrogen-bond donors (Lipinski definition) is 0. The van der Waals surface area contributed by atoms with Crippen LogP contribution >= 0.6 is 0 Å². The topological polar surface area (TPSA) is 50.1 Å². The standard InChI is InChI=1S/C16H15NO2S/c1-12-5-3-4-6-16(12)20(18)11-14-9-13(10-17)7-8-15(14)19-2/h3-9H,11H2,1-2H3. The zero-order valence-corrected chi connectivity index (χ0v) is 12.2. The lowest BCUT2D eigenvalue weighted by atomic mass is 10.1. The van der Waals surface area contributed by atoms with Gasteiger partial charge in [-0.2, -0.15) is 5.26 Å². The van der Waals surface area contributed by atoms with Crippen molar-refractivity contribution in [1.82, 2.24) is 0 Å². The van der Waals surface area contributed by atoms with Crippen molar-refractivity contribution < 1.29 is 8.95 Å². The molecule has 20 heavy (non-hydrogen) atoms. The van der Waals surface area contributed by atoms with Gasteiger partial charge in [0.05, 0.1) is 35.3 Å². The van der Waals surface area contributed by atoms with Crippen molar-refractivity contribution in [2.45, 2.75) is 17.6 Å². The van der Waals surface area contributed by atoms with Crippen LogP contribution in [-0.2, 0) is 16.6 Å². The normalized spacial score (nSPS) is 11.7. The average molecular weight is 285 g/mol. The minimum absolute atomic E-state index is 0.337. The molecule has 0 N–H and O–H groups in total. The summed E-state index contributed by atoms with van der Waals surface area (Å²) in [6.07, 6.45) is 0. The molecule has 0 amide bonds. The van der Waals surface area contributed by atoms with E-state index in [4.69, 9.17) is 10.00 Å². The molecule has 0 bridgehead atoms. The summed E-state index contributed by atoms with van der Waals surface area (Å²) in [4.78, 5) is 0.817. The largest absolute Gasteiger partial charge is 0.496 e. The van der Waals surface area contributed by atoms with Crippen molar-refractivity contribution in [2.75, 3.05) is 7.11 Å². The third-order valence-electron chi connectivity index (χ3n) is 3.03. The molecule has 102 valence electrons. The molecule has 3 nitrogen and oxygen atoms in total. The number of rotatable bonds is 4. The molecule has 2 rings (SSSR count). The summed E-state index contributed by atoms with van der Waals surface area (Å²) in [7, 11) is 0.413. The van der Waals surface area contributed by atoms with E-state index in [1.165, 1.54) is 0 Å². The van der Waals surface area contributed by atoms with E-state index in [0.29, 0.717) is 17.1 Å². The summed E-state index contributed by atoms with van der Waals surface area (Å²) < 4.78 is 17.7. The molecule has 0 radical (unpaired) electrons. The molecule has 1 atom stereocenters. The first-order valence-corrected chi connectivity index (χ1v) is 7.48. The smallest absolute Gasteiger partial charge is 0.123 e. The lowest BCUT2D eigenvalue weighted by Crippen LogP contribution is -2.01. The van der Waals surface area contributed by atoms with E-state index < -0.39 is 10.8 Å². The number of ether oxygens (including phenoxy) is 1. The minimum atomic E-state index is -1.16. The van der Waals surface area contributed by atoms with E-state index in [0.717, 1.165) is 16.0 Å². The molecule has 0 spiro atoms. The number of methoxy groups -OCH3 is 1. The van der Waals surface area contributed by atoms with Crippen molar-refractivity contribution in [3.8, 4) is 11.8 Å². The van der Waals surface area contributed by atoms with E-state index in [-0.39, 0.29) is 0 Å². The zero-order valence-electron chi connectivity index (χ0n) is 11.4. The number of nitriles is 1. The molecule has 0 aliphatic rings. The Balaban J connectivity index is 2.32. The van der Waals surface area contributed by atoms with Crippen LogP contribution in [0.25, 0.3) is 0 Å². The highest BCUT2D eigenvalue weighted by Crippen LogP contribution is 2.24. The molecule has 0 heterocycles. The maximum absolute atomic E-state index is 12.5. The molecule has 0 fully saturated rings. The van der Waals surface area contributed by atoms with Gasteiger partial charge >= 0.3 is 0 Å². The fourth-order valence-electron chi connectivity index (χ4n) is 1.99. The number of benzene rings is 2. The van der Waals surface area contributed by atoms with E-state index in [2.05, 4.69) is 6.07 Å². The minimum Gasteiger partial charge on any atom is -0.496 e.